The van der Waals surface area contributed by atoms with Crippen LogP contribution in [0, 0.1) is 11.8 Å². The van der Waals surface area contributed by atoms with Crippen molar-refractivity contribution in [2.45, 2.75) is 72.6 Å². The van der Waals surface area contributed by atoms with Crippen molar-refractivity contribution in [1.82, 2.24) is 0 Å². The molecule has 1 rings (SSSR count). The molecule has 0 aromatic carbocycles. The van der Waals surface area contributed by atoms with Crippen LogP contribution in [0.4, 0.5) is 0 Å². The molecule has 0 N–H and O–H groups in total. The van der Waals surface area contributed by atoms with Crippen molar-refractivity contribution in [3.63, 3.8) is 0 Å². The molecule has 2 unspecified atom stereocenters. The molecule has 0 radical (unpaired) electrons. The summed E-state index contributed by atoms with van der Waals surface area (Å²) < 4.78 is 0. The van der Waals surface area contributed by atoms with Gasteiger partial charge >= 0.3 is 0 Å². The van der Waals surface area contributed by atoms with Crippen LogP contribution >= 0.6 is 0 Å². The van der Waals surface area contributed by atoms with Gasteiger partial charge in [-0.15, -0.1) is 0 Å². The van der Waals surface area contributed by atoms with E-state index in [1.165, 1.54) is 44.9 Å². The minimum Gasteiger partial charge on any atom is -0.0805 e. The van der Waals surface area contributed by atoms with E-state index in [4.69, 9.17) is 0 Å². The molecule has 0 aromatic rings. The summed E-state index contributed by atoms with van der Waals surface area (Å²) in [4.78, 5) is 0. The summed E-state index contributed by atoms with van der Waals surface area (Å²) in [6, 6.07) is 0. The van der Waals surface area contributed by atoms with E-state index < -0.39 is 0 Å². The molecule has 0 nitrogen and oxygen atoms in total. The Kier molecular flexibility index (Phi) is 6.62. The Balaban J connectivity index is 2.58. The predicted octanol–water partition coefficient (Wildman–Crippen LogP) is 5.90. The van der Waals surface area contributed by atoms with Gasteiger partial charge < -0.3 is 0 Å². The monoisotopic (exact) mass is 234 g/mol. The van der Waals surface area contributed by atoms with Gasteiger partial charge in [0.05, 0.1) is 0 Å². The fraction of sp³-hybridized carbons (Fsp3) is 0.765. The SMILES string of the molecule is CCCCCC(CCC)C1=CCC(C)C(C)=C1. The highest BCUT2D eigenvalue weighted by atomic mass is 14.2. The first-order valence-corrected chi connectivity index (χ1v) is 7.57. The molecule has 0 aromatic heterocycles. The van der Waals surface area contributed by atoms with Gasteiger partial charge in [-0.05, 0) is 43.6 Å². The minimum atomic E-state index is 0.761. The molecule has 0 fully saturated rings. The lowest BCUT2D eigenvalue weighted by Gasteiger charge is -2.24. The molecular formula is C17H30. The molecule has 17 heavy (non-hydrogen) atoms. The second-order valence-corrected chi connectivity index (χ2v) is 5.71. The summed E-state index contributed by atoms with van der Waals surface area (Å²) in [6.07, 6.45) is 14.4. The highest BCUT2D eigenvalue weighted by Gasteiger charge is 2.16. The number of rotatable bonds is 7. The molecule has 0 saturated carbocycles. The molecule has 0 saturated heterocycles. The van der Waals surface area contributed by atoms with E-state index in [1.54, 1.807) is 11.1 Å². The molecule has 2 atom stereocenters. The Morgan fingerprint density at radius 1 is 1.18 bits per heavy atom. The maximum atomic E-state index is 2.50. The van der Waals surface area contributed by atoms with Gasteiger partial charge in [-0.1, -0.05) is 64.2 Å². The third-order valence-electron chi connectivity index (χ3n) is 4.14. The number of hydrogen-bond acceptors (Lipinski definition) is 0. The van der Waals surface area contributed by atoms with Crippen molar-refractivity contribution in [3.8, 4) is 0 Å². The zero-order chi connectivity index (χ0) is 12.7. The molecule has 0 heterocycles. The largest absolute Gasteiger partial charge is 0.0805 e. The summed E-state index contributed by atoms with van der Waals surface area (Å²) in [7, 11) is 0. The van der Waals surface area contributed by atoms with Crippen LogP contribution in [0.25, 0.3) is 0 Å². The maximum absolute atomic E-state index is 2.50. The summed E-state index contributed by atoms with van der Waals surface area (Å²) in [5.74, 6) is 1.59. The molecule has 0 heteroatoms. The van der Waals surface area contributed by atoms with Crippen LogP contribution in [0.15, 0.2) is 23.3 Å². The van der Waals surface area contributed by atoms with E-state index in [0.29, 0.717) is 0 Å². The van der Waals surface area contributed by atoms with Gasteiger partial charge in [-0.25, -0.2) is 0 Å². The van der Waals surface area contributed by atoms with Crippen molar-refractivity contribution in [3.05, 3.63) is 23.3 Å². The molecule has 0 amide bonds. The number of unbranched alkanes of at least 4 members (excludes halogenated alkanes) is 2. The zero-order valence-electron chi connectivity index (χ0n) is 12.3. The summed E-state index contributed by atoms with van der Waals surface area (Å²) in [6.45, 7) is 9.24. The molecule has 98 valence electrons. The third kappa shape index (κ3) is 4.69. The summed E-state index contributed by atoms with van der Waals surface area (Å²) in [5, 5.41) is 0. The maximum Gasteiger partial charge on any atom is -0.0165 e. The Morgan fingerprint density at radius 3 is 2.53 bits per heavy atom. The predicted molar refractivity (Wildman–Crippen MR) is 78.2 cm³/mol. The standard InChI is InChI=1S/C17H30/c1-5-7-8-10-16(9-6-2)17-12-11-14(3)15(4)13-17/h12-14,16H,5-11H2,1-4H3. The fourth-order valence-electron chi connectivity index (χ4n) is 2.71. The van der Waals surface area contributed by atoms with Crippen LogP contribution in [0.3, 0.4) is 0 Å². The van der Waals surface area contributed by atoms with Crippen LogP contribution in [0.1, 0.15) is 72.6 Å². The van der Waals surface area contributed by atoms with Gasteiger partial charge in [0.2, 0.25) is 0 Å². The van der Waals surface area contributed by atoms with E-state index >= 15 is 0 Å². The van der Waals surface area contributed by atoms with Crippen LogP contribution in [0.5, 0.6) is 0 Å². The van der Waals surface area contributed by atoms with E-state index in [0.717, 1.165) is 11.8 Å². The van der Waals surface area contributed by atoms with Crippen LogP contribution < -0.4 is 0 Å². The Bertz CT molecular complexity index is 270. The molecular weight excluding hydrogens is 204 g/mol. The molecule has 0 aliphatic heterocycles. The third-order valence-corrected chi connectivity index (χ3v) is 4.14. The quantitative estimate of drug-likeness (QED) is 0.481. The van der Waals surface area contributed by atoms with E-state index in [9.17, 15) is 0 Å². The molecule has 1 aliphatic carbocycles. The second kappa shape index (κ2) is 7.74. The van der Waals surface area contributed by atoms with Crippen molar-refractivity contribution in [2.24, 2.45) is 11.8 Å². The van der Waals surface area contributed by atoms with Crippen LogP contribution in [-0.2, 0) is 0 Å². The average Bonchev–Trinajstić information content (AvgIpc) is 2.32. The summed E-state index contributed by atoms with van der Waals surface area (Å²) in [5.41, 5.74) is 3.22. The van der Waals surface area contributed by atoms with Gasteiger partial charge in [0.15, 0.2) is 0 Å². The summed E-state index contributed by atoms with van der Waals surface area (Å²) >= 11 is 0. The minimum absolute atomic E-state index is 0.761. The highest BCUT2D eigenvalue weighted by molar-refractivity contribution is 5.30. The highest BCUT2D eigenvalue weighted by Crippen LogP contribution is 2.31. The lowest BCUT2D eigenvalue weighted by molar-refractivity contribution is 0.481. The smallest absolute Gasteiger partial charge is 0.0165 e. The molecule has 0 spiro atoms. The van der Waals surface area contributed by atoms with E-state index in [-0.39, 0.29) is 0 Å². The van der Waals surface area contributed by atoms with E-state index in [2.05, 4.69) is 39.8 Å². The fourth-order valence-corrected chi connectivity index (χ4v) is 2.71. The van der Waals surface area contributed by atoms with Gasteiger partial charge in [0.1, 0.15) is 0 Å². The van der Waals surface area contributed by atoms with Crippen LogP contribution in [-0.4, -0.2) is 0 Å². The molecule has 0 bridgehead atoms. The van der Waals surface area contributed by atoms with Crippen molar-refractivity contribution < 1.29 is 0 Å². The van der Waals surface area contributed by atoms with Gasteiger partial charge in [0.25, 0.3) is 0 Å². The zero-order valence-corrected chi connectivity index (χ0v) is 12.3. The Hall–Kier alpha value is -0.520. The Labute approximate surface area is 108 Å². The van der Waals surface area contributed by atoms with Gasteiger partial charge in [0, 0.05) is 0 Å². The first kappa shape index (κ1) is 14.5. The van der Waals surface area contributed by atoms with Crippen molar-refractivity contribution in [2.75, 3.05) is 0 Å². The van der Waals surface area contributed by atoms with Crippen molar-refractivity contribution in [1.29, 1.82) is 0 Å². The molecule has 1 aliphatic rings. The second-order valence-electron chi connectivity index (χ2n) is 5.71. The number of hydrogen-bond donors (Lipinski definition) is 0. The first-order chi connectivity index (χ1) is 8.19. The van der Waals surface area contributed by atoms with Gasteiger partial charge in [-0.3, -0.25) is 0 Å². The lowest BCUT2D eigenvalue weighted by Crippen LogP contribution is -2.09. The van der Waals surface area contributed by atoms with Crippen molar-refractivity contribution >= 4 is 0 Å². The normalized spacial score (nSPS) is 22.0. The topological polar surface area (TPSA) is 0 Å². The Morgan fingerprint density at radius 2 is 1.94 bits per heavy atom. The number of allylic oxidation sites excluding steroid dienone is 4. The lowest BCUT2D eigenvalue weighted by atomic mass is 9.82. The first-order valence-electron chi connectivity index (χ1n) is 7.57. The van der Waals surface area contributed by atoms with Crippen LogP contribution in [0.2, 0.25) is 0 Å². The van der Waals surface area contributed by atoms with E-state index in [1.807, 2.05) is 0 Å². The van der Waals surface area contributed by atoms with Gasteiger partial charge in [-0.2, -0.15) is 0 Å². The average molecular weight is 234 g/mol.